The maximum atomic E-state index is 12.2. The molecule has 0 spiro atoms. The number of benzene rings is 1. The van der Waals surface area contributed by atoms with Crippen LogP contribution in [0.5, 0.6) is 0 Å². The molecule has 0 aliphatic carbocycles. The molecule has 98 valence electrons. The van der Waals surface area contributed by atoms with E-state index < -0.39 is 5.92 Å². The van der Waals surface area contributed by atoms with Crippen LogP contribution >= 0.6 is 11.3 Å². The Balaban J connectivity index is 1.89. The van der Waals surface area contributed by atoms with Crippen LogP contribution in [0.4, 0.5) is 0 Å². The van der Waals surface area contributed by atoms with Crippen LogP contribution < -0.4 is 0 Å². The molecule has 2 aromatic heterocycles. The van der Waals surface area contributed by atoms with Crippen LogP contribution in [-0.2, 0) is 11.2 Å². The van der Waals surface area contributed by atoms with Gasteiger partial charge in [-0.15, -0.1) is 11.3 Å². The van der Waals surface area contributed by atoms with Crippen LogP contribution in [0.25, 0.3) is 11.1 Å². The van der Waals surface area contributed by atoms with Crippen molar-refractivity contribution in [2.75, 3.05) is 0 Å². The lowest BCUT2D eigenvalue weighted by Gasteiger charge is -2.02. The second-order valence-corrected chi connectivity index (χ2v) is 5.34. The van der Waals surface area contributed by atoms with Crippen molar-refractivity contribution in [2.45, 2.75) is 12.3 Å². The van der Waals surface area contributed by atoms with Gasteiger partial charge in [-0.2, -0.15) is 5.26 Å². The summed E-state index contributed by atoms with van der Waals surface area (Å²) in [4.78, 5) is 17.4. The minimum atomic E-state index is -0.954. The second kappa shape index (κ2) is 5.27. The molecule has 0 saturated carbocycles. The van der Waals surface area contributed by atoms with Crippen molar-refractivity contribution in [1.82, 2.24) is 4.98 Å². The van der Waals surface area contributed by atoms with Crippen molar-refractivity contribution in [3.8, 4) is 6.07 Å². The number of aromatic nitrogens is 1. The van der Waals surface area contributed by atoms with Gasteiger partial charge in [-0.25, -0.2) is 4.98 Å². The van der Waals surface area contributed by atoms with Crippen LogP contribution in [-0.4, -0.2) is 10.8 Å². The number of Topliss-reactive ketones (excluding diaryl/α,β-unsaturated/α-hetero) is 1. The van der Waals surface area contributed by atoms with Gasteiger partial charge in [0.25, 0.3) is 0 Å². The molecule has 2 heterocycles. The predicted molar refractivity (Wildman–Crippen MR) is 75.4 cm³/mol. The first kappa shape index (κ1) is 12.6. The summed E-state index contributed by atoms with van der Waals surface area (Å²) in [6.45, 7) is 0. The lowest BCUT2D eigenvalue weighted by Crippen LogP contribution is -2.13. The quantitative estimate of drug-likeness (QED) is 0.736. The van der Waals surface area contributed by atoms with Gasteiger partial charge in [-0.1, -0.05) is 18.2 Å². The third-order valence-corrected chi connectivity index (χ3v) is 3.81. The molecule has 4 nitrogen and oxygen atoms in total. The maximum Gasteiger partial charge on any atom is 0.220 e. The Bertz CT molecular complexity index is 751. The van der Waals surface area contributed by atoms with Crippen molar-refractivity contribution in [3.05, 3.63) is 52.5 Å². The number of fused-ring (bicyclic) bond motifs is 1. The molecule has 3 rings (SSSR count). The number of hydrogen-bond acceptors (Lipinski definition) is 5. The fraction of sp³-hybridized carbons (Fsp3) is 0.133. The Labute approximate surface area is 119 Å². The summed E-state index contributed by atoms with van der Waals surface area (Å²) >= 11 is 1.50. The lowest BCUT2D eigenvalue weighted by atomic mass is 10.0. The topological polar surface area (TPSA) is 66.9 Å². The SMILES string of the molecule is N#CC(C(=O)Cc1cccs1)c1nc2ccccc2o1. The highest BCUT2D eigenvalue weighted by Crippen LogP contribution is 2.23. The number of thiophene rings is 1. The Hall–Kier alpha value is -2.45. The Morgan fingerprint density at radius 2 is 2.20 bits per heavy atom. The largest absolute Gasteiger partial charge is 0.439 e. The summed E-state index contributed by atoms with van der Waals surface area (Å²) in [5.41, 5.74) is 1.25. The third-order valence-electron chi connectivity index (χ3n) is 2.94. The summed E-state index contributed by atoms with van der Waals surface area (Å²) in [6.07, 6.45) is 0.231. The average Bonchev–Trinajstić information content (AvgIpc) is 3.08. The molecule has 0 N–H and O–H groups in total. The van der Waals surface area contributed by atoms with Crippen molar-refractivity contribution in [1.29, 1.82) is 5.26 Å². The summed E-state index contributed by atoms with van der Waals surface area (Å²) in [5, 5.41) is 11.1. The van der Waals surface area contributed by atoms with E-state index >= 15 is 0 Å². The van der Waals surface area contributed by atoms with Crippen LogP contribution in [0.15, 0.2) is 46.2 Å². The molecule has 0 aliphatic heterocycles. The van der Waals surface area contributed by atoms with Crippen molar-refractivity contribution in [2.24, 2.45) is 0 Å². The molecule has 0 aliphatic rings. The fourth-order valence-electron chi connectivity index (χ4n) is 1.97. The minimum absolute atomic E-state index is 0.176. The van der Waals surface area contributed by atoms with Crippen molar-refractivity contribution in [3.63, 3.8) is 0 Å². The highest BCUT2D eigenvalue weighted by molar-refractivity contribution is 7.10. The summed E-state index contributed by atoms with van der Waals surface area (Å²) in [6, 6.07) is 13.0. The van der Waals surface area contributed by atoms with E-state index in [0.717, 1.165) is 4.88 Å². The molecule has 0 fully saturated rings. The molecule has 0 amide bonds. The van der Waals surface area contributed by atoms with Crippen LogP contribution in [0.2, 0.25) is 0 Å². The molecule has 1 aromatic carbocycles. The van der Waals surface area contributed by atoms with E-state index in [1.165, 1.54) is 11.3 Å². The van der Waals surface area contributed by atoms with Gasteiger partial charge in [0.05, 0.1) is 6.07 Å². The number of para-hydroxylation sites is 2. The van der Waals surface area contributed by atoms with Crippen LogP contribution in [0.3, 0.4) is 0 Å². The highest BCUT2D eigenvalue weighted by atomic mass is 32.1. The molecule has 0 saturated heterocycles. The van der Waals surface area contributed by atoms with Crippen molar-refractivity contribution >= 4 is 28.2 Å². The number of carbonyl (C=O) groups is 1. The smallest absolute Gasteiger partial charge is 0.220 e. The summed E-state index contributed by atoms with van der Waals surface area (Å²) in [7, 11) is 0. The number of ketones is 1. The minimum Gasteiger partial charge on any atom is -0.439 e. The van der Waals surface area contributed by atoms with E-state index in [4.69, 9.17) is 4.42 Å². The zero-order valence-electron chi connectivity index (χ0n) is 10.4. The normalized spacial score (nSPS) is 12.2. The number of hydrogen-bond donors (Lipinski definition) is 0. The highest BCUT2D eigenvalue weighted by Gasteiger charge is 2.26. The molecule has 1 unspecified atom stereocenters. The van der Waals surface area contributed by atoms with E-state index in [-0.39, 0.29) is 18.1 Å². The Morgan fingerprint density at radius 3 is 2.90 bits per heavy atom. The maximum absolute atomic E-state index is 12.2. The number of nitrogens with zero attached hydrogens (tertiary/aromatic N) is 2. The molecule has 0 bridgehead atoms. The first-order valence-electron chi connectivity index (χ1n) is 6.08. The molecule has 1 atom stereocenters. The van der Waals surface area contributed by atoms with E-state index in [2.05, 4.69) is 4.98 Å². The van der Waals surface area contributed by atoms with Gasteiger partial charge in [0.1, 0.15) is 5.52 Å². The molecular formula is C15H10N2O2S. The van der Waals surface area contributed by atoms with E-state index in [1.807, 2.05) is 35.7 Å². The van der Waals surface area contributed by atoms with Crippen LogP contribution in [0.1, 0.15) is 16.7 Å². The molecule has 5 heteroatoms. The molecular weight excluding hydrogens is 272 g/mol. The molecule has 20 heavy (non-hydrogen) atoms. The number of nitriles is 1. The van der Waals surface area contributed by atoms with Gasteiger partial charge < -0.3 is 4.42 Å². The van der Waals surface area contributed by atoms with Gasteiger partial charge in [0.15, 0.2) is 17.3 Å². The van der Waals surface area contributed by atoms with Gasteiger partial charge in [0.2, 0.25) is 5.89 Å². The fourth-order valence-corrected chi connectivity index (χ4v) is 2.68. The van der Waals surface area contributed by atoms with E-state index in [9.17, 15) is 10.1 Å². The van der Waals surface area contributed by atoms with E-state index in [1.54, 1.807) is 12.1 Å². The number of oxazole rings is 1. The van der Waals surface area contributed by atoms with E-state index in [0.29, 0.717) is 11.1 Å². The zero-order valence-corrected chi connectivity index (χ0v) is 11.3. The first-order valence-corrected chi connectivity index (χ1v) is 6.96. The summed E-state index contributed by atoms with van der Waals surface area (Å²) in [5.74, 6) is -0.971. The van der Waals surface area contributed by atoms with Gasteiger partial charge in [0, 0.05) is 11.3 Å². The number of rotatable bonds is 4. The second-order valence-electron chi connectivity index (χ2n) is 4.30. The number of carbonyl (C=O) groups excluding carboxylic acids is 1. The first-order chi connectivity index (χ1) is 9.78. The Kier molecular flexibility index (Phi) is 3.32. The standard InChI is InChI=1S/C15H10N2O2S/c16-9-11(13(18)8-10-4-3-7-20-10)15-17-12-5-1-2-6-14(12)19-15/h1-7,11H,8H2. The lowest BCUT2D eigenvalue weighted by molar-refractivity contribution is -0.119. The average molecular weight is 282 g/mol. The molecule has 0 radical (unpaired) electrons. The Morgan fingerprint density at radius 1 is 1.35 bits per heavy atom. The van der Waals surface area contributed by atoms with Crippen LogP contribution in [0, 0.1) is 11.3 Å². The van der Waals surface area contributed by atoms with Gasteiger partial charge >= 0.3 is 0 Å². The molecule has 3 aromatic rings. The summed E-state index contributed by atoms with van der Waals surface area (Å²) < 4.78 is 5.51. The monoisotopic (exact) mass is 282 g/mol. The van der Waals surface area contributed by atoms with Crippen molar-refractivity contribution < 1.29 is 9.21 Å². The van der Waals surface area contributed by atoms with Gasteiger partial charge in [-0.05, 0) is 23.6 Å². The zero-order chi connectivity index (χ0) is 13.9. The third kappa shape index (κ3) is 2.33. The predicted octanol–water partition coefficient (Wildman–Crippen LogP) is 3.31. The van der Waals surface area contributed by atoms with Gasteiger partial charge in [-0.3, -0.25) is 4.79 Å².